The van der Waals surface area contributed by atoms with Crippen LogP contribution in [0.15, 0.2) is 23.6 Å². The lowest BCUT2D eigenvalue weighted by atomic mass is 10.2. The van der Waals surface area contributed by atoms with Crippen molar-refractivity contribution < 1.29 is 14.3 Å². The first-order valence-corrected chi connectivity index (χ1v) is 7.50. The van der Waals surface area contributed by atoms with Crippen LogP contribution < -0.4 is 10.1 Å². The maximum Gasteiger partial charge on any atom is 0.305 e. The molecule has 2 rings (SSSR count). The molecule has 1 N–H and O–H groups in total. The molecule has 0 saturated heterocycles. The Morgan fingerprint density at radius 3 is 2.95 bits per heavy atom. The SMILES string of the molecule is COC(=O)CCc1csc(Nc2cc(Cl)ccc2OC)n1. The Bertz CT molecular complexity index is 630. The van der Waals surface area contributed by atoms with Gasteiger partial charge in [-0.05, 0) is 18.2 Å². The molecule has 5 nitrogen and oxygen atoms in total. The number of nitrogens with one attached hydrogen (secondary N) is 1. The zero-order chi connectivity index (χ0) is 15.2. The predicted molar refractivity (Wildman–Crippen MR) is 83.7 cm³/mol. The number of aryl methyl sites for hydroxylation is 1. The van der Waals surface area contributed by atoms with Gasteiger partial charge in [-0.3, -0.25) is 4.79 Å². The third-order valence-electron chi connectivity index (χ3n) is 2.77. The largest absolute Gasteiger partial charge is 0.495 e. The van der Waals surface area contributed by atoms with E-state index in [1.807, 2.05) is 5.38 Å². The van der Waals surface area contributed by atoms with Gasteiger partial charge in [0.25, 0.3) is 0 Å². The van der Waals surface area contributed by atoms with Gasteiger partial charge in [0, 0.05) is 16.8 Å². The molecule has 0 atom stereocenters. The van der Waals surface area contributed by atoms with Gasteiger partial charge in [-0.2, -0.15) is 0 Å². The summed E-state index contributed by atoms with van der Waals surface area (Å²) in [5, 5.41) is 6.40. The summed E-state index contributed by atoms with van der Waals surface area (Å²) in [5.41, 5.74) is 1.59. The highest BCUT2D eigenvalue weighted by Crippen LogP contribution is 2.31. The second-order valence-corrected chi connectivity index (χ2v) is 5.48. The lowest BCUT2D eigenvalue weighted by Crippen LogP contribution is -2.02. The Morgan fingerprint density at radius 1 is 1.43 bits per heavy atom. The second kappa shape index (κ2) is 7.28. The summed E-state index contributed by atoms with van der Waals surface area (Å²) in [6, 6.07) is 5.32. The molecule has 0 aliphatic rings. The van der Waals surface area contributed by atoms with Gasteiger partial charge in [-0.25, -0.2) is 4.98 Å². The number of ether oxygens (including phenoxy) is 2. The van der Waals surface area contributed by atoms with E-state index in [1.54, 1.807) is 25.3 Å². The van der Waals surface area contributed by atoms with Crippen LogP contribution in [-0.2, 0) is 16.0 Å². The lowest BCUT2D eigenvalue weighted by molar-refractivity contribution is -0.140. The fourth-order valence-corrected chi connectivity index (χ4v) is 2.63. The van der Waals surface area contributed by atoms with Crippen molar-refractivity contribution in [3.63, 3.8) is 0 Å². The van der Waals surface area contributed by atoms with Crippen LogP contribution in [0.5, 0.6) is 5.75 Å². The third kappa shape index (κ3) is 4.34. The highest BCUT2D eigenvalue weighted by Gasteiger charge is 2.09. The summed E-state index contributed by atoms with van der Waals surface area (Å²) in [7, 11) is 2.97. The van der Waals surface area contributed by atoms with E-state index < -0.39 is 0 Å². The molecule has 0 radical (unpaired) electrons. The van der Waals surface area contributed by atoms with Crippen molar-refractivity contribution in [2.24, 2.45) is 0 Å². The van der Waals surface area contributed by atoms with Crippen molar-refractivity contribution in [1.29, 1.82) is 0 Å². The molecule has 112 valence electrons. The first-order valence-electron chi connectivity index (χ1n) is 6.24. The molecular formula is C14H15ClN2O3S. The summed E-state index contributed by atoms with van der Waals surface area (Å²) < 4.78 is 9.88. The van der Waals surface area contributed by atoms with Crippen molar-refractivity contribution in [2.75, 3.05) is 19.5 Å². The zero-order valence-corrected chi connectivity index (χ0v) is 13.3. The smallest absolute Gasteiger partial charge is 0.305 e. The summed E-state index contributed by atoms with van der Waals surface area (Å²) in [6.45, 7) is 0. The number of carbonyl (C=O) groups is 1. The number of methoxy groups -OCH3 is 2. The first kappa shape index (κ1) is 15.6. The first-order chi connectivity index (χ1) is 10.1. The number of hydrogen-bond acceptors (Lipinski definition) is 6. The Hall–Kier alpha value is -1.79. The number of esters is 1. The van der Waals surface area contributed by atoms with E-state index >= 15 is 0 Å². The molecule has 2 aromatic rings. The number of carbonyl (C=O) groups excluding carboxylic acids is 1. The third-order valence-corrected chi connectivity index (χ3v) is 3.81. The van der Waals surface area contributed by atoms with Crippen molar-refractivity contribution in [1.82, 2.24) is 4.98 Å². The zero-order valence-electron chi connectivity index (χ0n) is 11.7. The number of rotatable bonds is 6. The summed E-state index contributed by atoms with van der Waals surface area (Å²) in [6.07, 6.45) is 0.873. The summed E-state index contributed by atoms with van der Waals surface area (Å²) in [4.78, 5) is 15.5. The van der Waals surface area contributed by atoms with Gasteiger partial charge in [0.1, 0.15) is 5.75 Å². The number of thiazole rings is 1. The average molecular weight is 327 g/mol. The Morgan fingerprint density at radius 2 is 2.24 bits per heavy atom. The Labute approximate surface area is 131 Å². The van der Waals surface area contributed by atoms with Gasteiger partial charge in [-0.1, -0.05) is 11.6 Å². The van der Waals surface area contributed by atoms with Crippen LogP contribution in [0.25, 0.3) is 0 Å². The minimum atomic E-state index is -0.242. The van der Waals surface area contributed by atoms with E-state index in [2.05, 4.69) is 15.0 Å². The number of anilines is 2. The number of aromatic nitrogens is 1. The highest BCUT2D eigenvalue weighted by molar-refractivity contribution is 7.13. The van der Waals surface area contributed by atoms with Crippen LogP contribution in [0.1, 0.15) is 12.1 Å². The minimum Gasteiger partial charge on any atom is -0.495 e. The van der Waals surface area contributed by atoms with E-state index in [0.717, 1.165) is 16.5 Å². The number of hydrogen-bond donors (Lipinski definition) is 1. The van der Waals surface area contributed by atoms with Gasteiger partial charge in [0.05, 0.1) is 32.0 Å². The van der Waals surface area contributed by atoms with Crippen LogP contribution in [0.3, 0.4) is 0 Å². The van der Waals surface area contributed by atoms with Crippen molar-refractivity contribution in [3.05, 3.63) is 34.3 Å². The van der Waals surface area contributed by atoms with E-state index in [1.165, 1.54) is 18.4 Å². The molecule has 21 heavy (non-hydrogen) atoms. The fourth-order valence-electron chi connectivity index (χ4n) is 1.70. The van der Waals surface area contributed by atoms with Crippen molar-refractivity contribution in [3.8, 4) is 5.75 Å². The molecule has 1 aromatic carbocycles. The van der Waals surface area contributed by atoms with E-state index in [4.69, 9.17) is 16.3 Å². The summed E-state index contributed by atoms with van der Waals surface area (Å²) >= 11 is 7.44. The number of halogens is 1. The maximum atomic E-state index is 11.1. The van der Waals surface area contributed by atoms with E-state index in [-0.39, 0.29) is 5.97 Å². The minimum absolute atomic E-state index is 0.242. The molecule has 0 amide bonds. The number of benzene rings is 1. The quantitative estimate of drug-likeness (QED) is 0.821. The predicted octanol–water partition coefficient (Wildman–Crippen LogP) is 3.65. The van der Waals surface area contributed by atoms with Crippen LogP contribution in [0.4, 0.5) is 10.8 Å². The van der Waals surface area contributed by atoms with Gasteiger partial charge in [0.2, 0.25) is 0 Å². The Balaban J connectivity index is 2.05. The van der Waals surface area contributed by atoms with Gasteiger partial charge in [-0.15, -0.1) is 11.3 Å². The second-order valence-electron chi connectivity index (χ2n) is 4.19. The monoisotopic (exact) mass is 326 g/mol. The summed E-state index contributed by atoms with van der Waals surface area (Å²) in [5.74, 6) is 0.444. The number of nitrogens with zero attached hydrogens (tertiary/aromatic N) is 1. The molecule has 0 aliphatic carbocycles. The van der Waals surface area contributed by atoms with Crippen LogP contribution in [-0.4, -0.2) is 25.2 Å². The van der Waals surface area contributed by atoms with Gasteiger partial charge >= 0.3 is 5.97 Å². The average Bonchev–Trinajstić information content (AvgIpc) is 2.92. The molecular weight excluding hydrogens is 312 g/mol. The van der Waals surface area contributed by atoms with Crippen molar-refractivity contribution in [2.45, 2.75) is 12.8 Å². The molecule has 1 aromatic heterocycles. The van der Waals surface area contributed by atoms with Crippen LogP contribution >= 0.6 is 22.9 Å². The molecule has 0 fully saturated rings. The standard InChI is InChI=1S/C14H15ClN2O3S/c1-19-12-5-3-9(15)7-11(12)17-14-16-10(8-21-14)4-6-13(18)20-2/h3,5,7-8H,4,6H2,1-2H3,(H,16,17). The van der Waals surface area contributed by atoms with Gasteiger partial charge < -0.3 is 14.8 Å². The maximum absolute atomic E-state index is 11.1. The molecule has 1 heterocycles. The molecule has 0 saturated carbocycles. The molecule has 0 bridgehead atoms. The lowest BCUT2D eigenvalue weighted by Gasteiger charge is -2.09. The fraction of sp³-hybridized carbons (Fsp3) is 0.286. The highest BCUT2D eigenvalue weighted by atomic mass is 35.5. The molecule has 0 aliphatic heterocycles. The normalized spacial score (nSPS) is 10.2. The van der Waals surface area contributed by atoms with Crippen molar-refractivity contribution >= 4 is 39.7 Å². The van der Waals surface area contributed by atoms with Crippen LogP contribution in [0.2, 0.25) is 5.02 Å². The van der Waals surface area contributed by atoms with Gasteiger partial charge in [0.15, 0.2) is 5.13 Å². The molecule has 0 unspecified atom stereocenters. The van der Waals surface area contributed by atoms with Crippen LogP contribution in [0, 0.1) is 0 Å². The van der Waals surface area contributed by atoms with E-state index in [9.17, 15) is 4.79 Å². The van der Waals surface area contributed by atoms with E-state index in [0.29, 0.717) is 23.6 Å². The molecule has 0 spiro atoms. The molecule has 7 heteroatoms. The topological polar surface area (TPSA) is 60.5 Å². The Kier molecular flexibility index (Phi) is 5.41.